The molecule has 39 heavy (non-hydrogen) atoms. The minimum atomic E-state index is -6.07. The minimum Gasteiger partial charge on any atom is -0.424 e. The fourth-order valence-corrected chi connectivity index (χ4v) is 11.9. The number of ether oxygens (including phenoxy) is 2. The van der Waals surface area contributed by atoms with Gasteiger partial charge in [-0.1, -0.05) is 0 Å². The van der Waals surface area contributed by atoms with Crippen molar-refractivity contribution in [2.45, 2.75) is 24.5 Å². The van der Waals surface area contributed by atoms with Crippen LogP contribution >= 0.6 is 136 Å². The molecule has 2 atom stereocenters. The molecule has 3 rings (SSSR count). The molecule has 8 nitrogen and oxygen atoms in total. The van der Waals surface area contributed by atoms with Gasteiger partial charge in [0.15, 0.2) is 11.5 Å². The molecule has 2 unspecified atom stereocenters. The Labute approximate surface area is 303 Å². The van der Waals surface area contributed by atoms with Gasteiger partial charge < -0.3 is 9.47 Å². The molecule has 212 valence electrons. The molecule has 0 spiro atoms. The van der Waals surface area contributed by atoms with E-state index in [0.717, 1.165) is 7.14 Å². The number of esters is 2. The van der Waals surface area contributed by atoms with Crippen LogP contribution in [-0.2, 0) is 24.5 Å². The summed E-state index contributed by atoms with van der Waals surface area (Å²) >= 11 is 12.1. The molecular formula is C22H14F2I6O8S. The van der Waals surface area contributed by atoms with Gasteiger partial charge in [-0.2, -0.15) is 17.2 Å². The normalized spacial score (nSPS) is 19.9. The second-order valence-corrected chi connectivity index (χ2v) is 17.0. The lowest BCUT2D eigenvalue weighted by molar-refractivity contribution is -0.150. The summed E-state index contributed by atoms with van der Waals surface area (Å²) in [6.07, 6.45) is -1.17. The molecule has 0 heterocycles. The van der Waals surface area contributed by atoms with E-state index in [1.54, 1.807) is 24.3 Å². The number of carbonyl (C=O) groups is 3. The molecule has 1 N–H and O–H groups in total. The van der Waals surface area contributed by atoms with Gasteiger partial charge in [-0.25, -0.2) is 0 Å². The van der Waals surface area contributed by atoms with Crippen molar-refractivity contribution in [2.24, 2.45) is 17.8 Å². The van der Waals surface area contributed by atoms with E-state index in [1.165, 1.54) is 0 Å². The predicted molar refractivity (Wildman–Crippen MR) is 186 cm³/mol. The van der Waals surface area contributed by atoms with Crippen molar-refractivity contribution >= 4 is 163 Å². The van der Waals surface area contributed by atoms with E-state index in [-0.39, 0.29) is 17.9 Å². The second kappa shape index (κ2) is 13.9. The number of halogens is 8. The summed E-state index contributed by atoms with van der Waals surface area (Å²) in [5.74, 6) is -7.51. The molecule has 1 fully saturated rings. The Morgan fingerprint density at radius 3 is 1.33 bits per heavy atom. The predicted octanol–water partition coefficient (Wildman–Crippen LogP) is 6.91. The SMILES string of the molecule is O=C(Oc1c(I)cc(I)cc1I)C1CC(C(=O)Oc2c(I)cc(I)cc2I)CC(C(=O)C(F)(F)S(=O)(=O)O)C1. The van der Waals surface area contributed by atoms with Gasteiger partial charge in [0.05, 0.1) is 26.1 Å². The summed E-state index contributed by atoms with van der Waals surface area (Å²) in [5.41, 5.74) is 0. The Morgan fingerprint density at radius 2 is 1.03 bits per heavy atom. The highest BCUT2D eigenvalue weighted by atomic mass is 127. The van der Waals surface area contributed by atoms with Crippen LogP contribution in [0.2, 0.25) is 0 Å². The first-order valence-corrected chi connectivity index (χ1v) is 18.4. The molecule has 1 aliphatic rings. The highest BCUT2D eigenvalue weighted by Gasteiger charge is 2.56. The highest BCUT2D eigenvalue weighted by Crippen LogP contribution is 2.41. The van der Waals surface area contributed by atoms with E-state index in [0.29, 0.717) is 14.3 Å². The molecule has 2 aromatic rings. The zero-order valence-corrected chi connectivity index (χ0v) is 32.7. The smallest absolute Gasteiger partial charge is 0.424 e. The van der Waals surface area contributed by atoms with Gasteiger partial charge in [0, 0.05) is 13.1 Å². The quantitative estimate of drug-likeness (QED) is 0.138. The van der Waals surface area contributed by atoms with Crippen molar-refractivity contribution < 1.29 is 45.6 Å². The molecule has 0 aliphatic heterocycles. The minimum absolute atomic E-state index is 0.173. The largest absolute Gasteiger partial charge is 0.426 e. The van der Waals surface area contributed by atoms with Gasteiger partial charge in [0.25, 0.3) is 0 Å². The average Bonchev–Trinajstić information content (AvgIpc) is 2.81. The van der Waals surface area contributed by atoms with E-state index in [9.17, 15) is 31.6 Å². The highest BCUT2D eigenvalue weighted by molar-refractivity contribution is 14.1. The topological polar surface area (TPSA) is 124 Å². The van der Waals surface area contributed by atoms with Gasteiger partial charge in [-0.15, -0.1) is 0 Å². The Bertz CT molecular complexity index is 1330. The van der Waals surface area contributed by atoms with E-state index in [4.69, 9.17) is 14.0 Å². The number of hydrogen-bond donors (Lipinski definition) is 1. The van der Waals surface area contributed by atoms with E-state index in [1.807, 2.05) is 90.4 Å². The first kappa shape index (κ1) is 34.7. The Balaban J connectivity index is 1.94. The third-order valence-corrected chi connectivity index (χ3v) is 11.0. The number of ketones is 1. The number of alkyl halides is 2. The van der Waals surface area contributed by atoms with Crippen LogP contribution < -0.4 is 9.47 Å². The van der Waals surface area contributed by atoms with E-state index < -0.39 is 63.7 Å². The van der Waals surface area contributed by atoms with Crippen LogP contribution in [0, 0.1) is 39.2 Å². The first-order chi connectivity index (χ1) is 17.9. The summed E-state index contributed by atoms with van der Waals surface area (Å²) in [6.45, 7) is 0. The third-order valence-electron chi connectivity index (χ3n) is 5.69. The molecule has 0 bridgehead atoms. The van der Waals surface area contributed by atoms with Crippen LogP contribution in [0.15, 0.2) is 24.3 Å². The fourth-order valence-electron chi connectivity index (χ4n) is 3.90. The van der Waals surface area contributed by atoms with E-state index >= 15 is 0 Å². The molecule has 0 amide bonds. The number of Topliss-reactive ketones (excluding diaryl/α,β-unsaturated/α-hetero) is 1. The lowest BCUT2D eigenvalue weighted by Crippen LogP contribution is -2.46. The van der Waals surface area contributed by atoms with Crippen LogP contribution in [0.4, 0.5) is 8.78 Å². The molecule has 2 aromatic carbocycles. The number of rotatable bonds is 7. The maximum atomic E-state index is 14.3. The van der Waals surface area contributed by atoms with E-state index in [2.05, 4.69) is 45.2 Å². The van der Waals surface area contributed by atoms with Crippen LogP contribution in [-0.4, -0.2) is 35.9 Å². The lowest BCUT2D eigenvalue weighted by Gasteiger charge is -2.33. The van der Waals surface area contributed by atoms with Crippen LogP contribution in [0.1, 0.15) is 19.3 Å². The van der Waals surface area contributed by atoms with Crippen LogP contribution in [0.3, 0.4) is 0 Å². The summed E-state index contributed by atoms with van der Waals surface area (Å²) in [6, 6.07) is 7.04. The maximum absolute atomic E-state index is 14.3. The van der Waals surface area contributed by atoms with Gasteiger partial charge in [0.2, 0.25) is 5.78 Å². The Morgan fingerprint density at radius 1 is 0.718 bits per heavy atom. The van der Waals surface area contributed by atoms with Crippen LogP contribution in [0.5, 0.6) is 11.5 Å². The molecule has 0 aromatic heterocycles. The molecule has 1 saturated carbocycles. The standard InChI is InChI=1S/C22H14F2I6O8S/c23-22(24,39(34,35)36)19(31)8-1-9(20(32)37-17-13(27)4-11(25)5-14(17)28)3-10(2-8)21(33)38-18-15(29)6-12(26)7-16(18)30/h4-10H,1-3H2,(H,34,35,36). The molecule has 0 saturated heterocycles. The lowest BCUT2D eigenvalue weighted by atomic mass is 9.73. The monoisotopic (exact) mass is 1240 g/mol. The maximum Gasteiger partial charge on any atom is 0.426 e. The van der Waals surface area contributed by atoms with Gasteiger partial charge in [0.1, 0.15) is 0 Å². The third kappa shape index (κ3) is 8.43. The van der Waals surface area contributed by atoms with Crippen molar-refractivity contribution in [3.63, 3.8) is 0 Å². The zero-order chi connectivity index (χ0) is 29.4. The van der Waals surface area contributed by atoms with Crippen LogP contribution in [0.25, 0.3) is 0 Å². The number of carbonyl (C=O) groups excluding carboxylic acids is 3. The van der Waals surface area contributed by atoms with Crippen molar-refractivity contribution in [1.29, 1.82) is 0 Å². The zero-order valence-electron chi connectivity index (χ0n) is 18.9. The number of benzene rings is 2. The van der Waals surface area contributed by atoms with Crippen molar-refractivity contribution in [3.8, 4) is 11.5 Å². The van der Waals surface area contributed by atoms with Gasteiger partial charge in [-0.3, -0.25) is 18.9 Å². The molecule has 17 heteroatoms. The Kier molecular flexibility index (Phi) is 12.3. The van der Waals surface area contributed by atoms with Gasteiger partial charge in [-0.05, 0) is 179 Å². The van der Waals surface area contributed by atoms with Crippen molar-refractivity contribution in [2.75, 3.05) is 0 Å². The number of hydrogen-bond acceptors (Lipinski definition) is 7. The fraction of sp³-hybridized carbons (Fsp3) is 0.318. The summed E-state index contributed by atoms with van der Waals surface area (Å²) < 4.78 is 75.5. The average molecular weight is 1240 g/mol. The van der Waals surface area contributed by atoms with Crippen molar-refractivity contribution in [3.05, 3.63) is 45.7 Å². The summed E-state index contributed by atoms with van der Waals surface area (Å²) in [4.78, 5) is 39.0. The second-order valence-electron chi connectivity index (χ2n) is 8.39. The summed E-state index contributed by atoms with van der Waals surface area (Å²) in [7, 11) is -6.07. The Hall–Kier alpha value is 1.20. The van der Waals surface area contributed by atoms with Crippen molar-refractivity contribution in [1.82, 2.24) is 0 Å². The molecule has 0 radical (unpaired) electrons. The van der Waals surface area contributed by atoms with Gasteiger partial charge >= 0.3 is 27.3 Å². The molecule has 1 aliphatic carbocycles. The summed E-state index contributed by atoms with van der Waals surface area (Å²) in [5, 5.41) is -5.11. The first-order valence-electron chi connectivity index (χ1n) is 10.5. The molecular weight excluding hydrogens is 1220 g/mol.